The second kappa shape index (κ2) is 6.64. The maximum Gasteiger partial charge on any atom is 0.251 e. The van der Waals surface area contributed by atoms with Gasteiger partial charge in [0.05, 0.1) is 0 Å². The summed E-state index contributed by atoms with van der Waals surface area (Å²) in [6.07, 6.45) is 11.4. The standard InChI is InChI=1S/C20H28N2O/c23-20(22-19-12-17-10-11-18(13-19)21-17)16-8-6-15(7-9-16)14-4-2-1-3-5-14/h6-9,14,17-19,21H,1-5,10-13H2,(H,22,23). The smallest absolute Gasteiger partial charge is 0.251 e. The van der Waals surface area contributed by atoms with Crippen molar-refractivity contribution < 1.29 is 4.79 Å². The number of amides is 1. The molecule has 3 aliphatic rings. The lowest BCUT2D eigenvalue weighted by Crippen LogP contribution is -2.48. The molecule has 2 atom stereocenters. The largest absolute Gasteiger partial charge is 0.349 e. The van der Waals surface area contributed by atoms with Crippen LogP contribution in [0.4, 0.5) is 0 Å². The third-order valence-corrected chi connectivity index (χ3v) is 6.06. The van der Waals surface area contributed by atoms with E-state index in [0.29, 0.717) is 24.0 Å². The maximum atomic E-state index is 12.5. The predicted molar refractivity (Wildman–Crippen MR) is 92.7 cm³/mol. The van der Waals surface area contributed by atoms with Gasteiger partial charge in [-0.3, -0.25) is 4.79 Å². The van der Waals surface area contributed by atoms with Crippen LogP contribution in [0.1, 0.15) is 79.6 Å². The minimum absolute atomic E-state index is 0.103. The first-order chi connectivity index (χ1) is 11.3. The van der Waals surface area contributed by atoms with Crippen molar-refractivity contribution in [2.24, 2.45) is 0 Å². The Kier molecular flexibility index (Phi) is 4.39. The molecule has 1 aromatic carbocycles. The zero-order valence-corrected chi connectivity index (χ0v) is 13.9. The first kappa shape index (κ1) is 15.2. The number of hydrogen-bond acceptors (Lipinski definition) is 2. The van der Waals surface area contributed by atoms with Crippen LogP contribution in [0.5, 0.6) is 0 Å². The van der Waals surface area contributed by atoms with Crippen LogP contribution >= 0.6 is 0 Å². The molecule has 2 N–H and O–H groups in total. The number of fused-ring (bicyclic) bond motifs is 2. The van der Waals surface area contributed by atoms with Crippen molar-refractivity contribution >= 4 is 5.91 Å². The van der Waals surface area contributed by atoms with Gasteiger partial charge in [0.25, 0.3) is 5.91 Å². The molecular formula is C20H28N2O. The molecule has 3 nitrogen and oxygen atoms in total. The highest BCUT2D eigenvalue weighted by Crippen LogP contribution is 2.32. The van der Waals surface area contributed by atoms with E-state index in [1.54, 1.807) is 0 Å². The first-order valence-corrected chi connectivity index (χ1v) is 9.45. The monoisotopic (exact) mass is 312 g/mol. The predicted octanol–water partition coefficient (Wildman–Crippen LogP) is 3.75. The van der Waals surface area contributed by atoms with Crippen LogP contribution in [-0.2, 0) is 0 Å². The molecule has 23 heavy (non-hydrogen) atoms. The Labute approximate surface area is 139 Å². The van der Waals surface area contributed by atoms with Crippen molar-refractivity contribution in [3.63, 3.8) is 0 Å². The van der Waals surface area contributed by atoms with Gasteiger partial charge in [-0.25, -0.2) is 0 Å². The number of hydrogen-bond donors (Lipinski definition) is 2. The Morgan fingerprint density at radius 2 is 1.57 bits per heavy atom. The number of rotatable bonds is 3. The first-order valence-electron chi connectivity index (χ1n) is 9.45. The molecular weight excluding hydrogens is 284 g/mol. The molecule has 2 bridgehead atoms. The summed E-state index contributed by atoms with van der Waals surface area (Å²) in [5.41, 5.74) is 2.23. The fraction of sp³-hybridized carbons (Fsp3) is 0.650. The molecule has 124 valence electrons. The lowest BCUT2D eigenvalue weighted by molar-refractivity contribution is 0.0924. The molecule has 0 aromatic heterocycles. The highest BCUT2D eigenvalue weighted by atomic mass is 16.1. The van der Waals surface area contributed by atoms with Crippen molar-refractivity contribution in [1.29, 1.82) is 0 Å². The quantitative estimate of drug-likeness (QED) is 0.892. The van der Waals surface area contributed by atoms with Crippen LogP contribution < -0.4 is 10.6 Å². The summed E-state index contributed by atoms with van der Waals surface area (Å²) in [4.78, 5) is 12.5. The Morgan fingerprint density at radius 1 is 0.913 bits per heavy atom. The van der Waals surface area contributed by atoms with Crippen molar-refractivity contribution in [2.45, 2.75) is 81.8 Å². The lowest BCUT2D eigenvalue weighted by atomic mass is 9.84. The van der Waals surface area contributed by atoms with E-state index >= 15 is 0 Å². The van der Waals surface area contributed by atoms with Gasteiger partial charge in [0, 0.05) is 23.7 Å². The number of benzene rings is 1. The molecule has 1 aliphatic carbocycles. The molecule has 2 aliphatic heterocycles. The molecule has 2 saturated heterocycles. The van der Waals surface area contributed by atoms with Crippen molar-refractivity contribution in [2.75, 3.05) is 0 Å². The minimum atomic E-state index is 0.103. The normalized spacial score (nSPS) is 31.0. The summed E-state index contributed by atoms with van der Waals surface area (Å²) >= 11 is 0. The maximum absolute atomic E-state index is 12.5. The topological polar surface area (TPSA) is 41.1 Å². The van der Waals surface area contributed by atoms with Gasteiger partial charge in [-0.2, -0.15) is 0 Å². The van der Waals surface area contributed by atoms with E-state index < -0.39 is 0 Å². The van der Waals surface area contributed by atoms with Crippen LogP contribution in [-0.4, -0.2) is 24.0 Å². The van der Waals surface area contributed by atoms with E-state index in [1.165, 1.54) is 50.5 Å². The summed E-state index contributed by atoms with van der Waals surface area (Å²) in [6, 6.07) is 9.98. The zero-order chi connectivity index (χ0) is 15.6. The fourth-order valence-electron chi connectivity index (χ4n) is 4.79. The summed E-state index contributed by atoms with van der Waals surface area (Å²) in [5.74, 6) is 0.812. The third-order valence-electron chi connectivity index (χ3n) is 6.06. The van der Waals surface area contributed by atoms with E-state index in [1.807, 2.05) is 12.1 Å². The molecule has 1 saturated carbocycles. The van der Waals surface area contributed by atoms with Crippen LogP contribution in [0.25, 0.3) is 0 Å². The number of carbonyl (C=O) groups excluding carboxylic acids is 1. The summed E-state index contributed by atoms with van der Waals surface area (Å²) in [5, 5.41) is 6.88. The average molecular weight is 312 g/mol. The molecule has 1 amide bonds. The Bertz CT molecular complexity index is 535. The van der Waals surface area contributed by atoms with Gasteiger partial charge in [0.2, 0.25) is 0 Å². The van der Waals surface area contributed by atoms with Gasteiger partial charge < -0.3 is 10.6 Å². The van der Waals surface area contributed by atoms with Gasteiger partial charge in [-0.15, -0.1) is 0 Å². The summed E-state index contributed by atoms with van der Waals surface area (Å²) in [6.45, 7) is 0. The van der Waals surface area contributed by atoms with Crippen molar-refractivity contribution in [3.05, 3.63) is 35.4 Å². The molecule has 1 aromatic rings. The van der Waals surface area contributed by atoms with Crippen molar-refractivity contribution in [3.8, 4) is 0 Å². The molecule has 0 spiro atoms. The van der Waals surface area contributed by atoms with E-state index in [-0.39, 0.29) is 5.91 Å². The van der Waals surface area contributed by atoms with E-state index in [9.17, 15) is 4.79 Å². The molecule has 4 rings (SSSR count). The van der Waals surface area contributed by atoms with Crippen LogP contribution in [0.15, 0.2) is 24.3 Å². The van der Waals surface area contributed by atoms with Gasteiger partial charge in [-0.05, 0) is 62.1 Å². The van der Waals surface area contributed by atoms with Gasteiger partial charge in [-0.1, -0.05) is 31.4 Å². The van der Waals surface area contributed by atoms with Crippen LogP contribution in [0.3, 0.4) is 0 Å². The van der Waals surface area contributed by atoms with E-state index in [0.717, 1.165) is 18.4 Å². The summed E-state index contributed by atoms with van der Waals surface area (Å²) in [7, 11) is 0. The van der Waals surface area contributed by atoms with Crippen LogP contribution in [0, 0.1) is 0 Å². The Balaban J connectivity index is 1.36. The Hall–Kier alpha value is -1.35. The zero-order valence-electron chi connectivity index (χ0n) is 13.9. The highest BCUT2D eigenvalue weighted by molar-refractivity contribution is 5.94. The molecule has 3 heteroatoms. The van der Waals surface area contributed by atoms with Gasteiger partial charge in [0.1, 0.15) is 0 Å². The minimum Gasteiger partial charge on any atom is -0.349 e. The second-order valence-electron chi connectivity index (χ2n) is 7.74. The molecule has 2 unspecified atom stereocenters. The fourth-order valence-corrected chi connectivity index (χ4v) is 4.79. The number of piperidine rings is 1. The molecule has 0 radical (unpaired) electrons. The van der Waals surface area contributed by atoms with Crippen LogP contribution in [0.2, 0.25) is 0 Å². The van der Waals surface area contributed by atoms with E-state index in [4.69, 9.17) is 0 Å². The lowest BCUT2D eigenvalue weighted by Gasteiger charge is -2.29. The number of carbonyl (C=O) groups is 1. The number of nitrogens with one attached hydrogen (secondary N) is 2. The Morgan fingerprint density at radius 3 is 2.22 bits per heavy atom. The average Bonchev–Trinajstić information content (AvgIpc) is 2.94. The van der Waals surface area contributed by atoms with Crippen molar-refractivity contribution in [1.82, 2.24) is 10.6 Å². The highest BCUT2D eigenvalue weighted by Gasteiger charge is 2.34. The molecule has 3 fully saturated rings. The second-order valence-corrected chi connectivity index (χ2v) is 7.74. The molecule has 2 heterocycles. The SMILES string of the molecule is O=C(NC1CC2CCC(C1)N2)c1ccc(C2CCCCC2)cc1. The van der Waals surface area contributed by atoms with Gasteiger partial charge in [0.15, 0.2) is 0 Å². The van der Waals surface area contributed by atoms with Gasteiger partial charge >= 0.3 is 0 Å². The summed E-state index contributed by atoms with van der Waals surface area (Å²) < 4.78 is 0. The van der Waals surface area contributed by atoms with E-state index in [2.05, 4.69) is 22.8 Å². The third kappa shape index (κ3) is 3.45.